The summed E-state index contributed by atoms with van der Waals surface area (Å²) in [4.78, 5) is 33.0. The second-order valence-corrected chi connectivity index (χ2v) is 6.94. The molecule has 0 aliphatic carbocycles. The lowest BCUT2D eigenvalue weighted by Gasteiger charge is -2.29. The van der Waals surface area contributed by atoms with Crippen LogP contribution in [-0.2, 0) is 14.4 Å². The number of likely N-dealkylation sites (tertiary alicyclic amines) is 1. The number of nitrogens with zero attached hydrogens (tertiary/aromatic N) is 2. The van der Waals surface area contributed by atoms with Crippen LogP contribution in [0.2, 0.25) is 0 Å². The van der Waals surface area contributed by atoms with Crippen molar-refractivity contribution in [1.82, 2.24) is 4.90 Å². The summed E-state index contributed by atoms with van der Waals surface area (Å²) in [6.07, 6.45) is -0.756. The van der Waals surface area contributed by atoms with Crippen LogP contribution in [0.25, 0.3) is 0 Å². The van der Waals surface area contributed by atoms with Gasteiger partial charge in [-0.3, -0.25) is 19.3 Å². The Morgan fingerprint density at radius 1 is 0.962 bits per heavy atom. The van der Waals surface area contributed by atoms with E-state index in [0.29, 0.717) is 6.54 Å². The molecule has 2 amide bonds. The van der Waals surface area contributed by atoms with Gasteiger partial charge in [0.25, 0.3) is 5.91 Å². The monoisotopic (exact) mass is 350 g/mol. The number of para-hydroxylation sites is 1. The Bertz CT molecular complexity index is 862. The SMILES string of the molecule is CCN1C(=O)C2ON(c3ccccc3C)C(c3ccc(C)cc3)C2C1=O. The van der Waals surface area contributed by atoms with Crippen LogP contribution in [0.4, 0.5) is 5.69 Å². The van der Waals surface area contributed by atoms with E-state index < -0.39 is 12.0 Å². The van der Waals surface area contributed by atoms with Crippen molar-refractivity contribution in [1.29, 1.82) is 0 Å². The van der Waals surface area contributed by atoms with Gasteiger partial charge in [0, 0.05) is 6.54 Å². The van der Waals surface area contributed by atoms with E-state index in [9.17, 15) is 9.59 Å². The third-order valence-corrected chi connectivity index (χ3v) is 5.29. The average Bonchev–Trinajstić information content (AvgIpc) is 3.13. The van der Waals surface area contributed by atoms with Crippen molar-refractivity contribution < 1.29 is 14.4 Å². The fraction of sp³-hybridized carbons (Fsp3) is 0.333. The molecule has 2 aromatic carbocycles. The maximum atomic E-state index is 12.9. The lowest BCUT2D eigenvalue weighted by atomic mass is 9.90. The first-order chi connectivity index (χ1) is 12.5. The predicted molar refractivity (Wildman–Crippen MR) is 98.3 cm³/mol. The van der Waals surface area contributed by atoms with Gasteiger partial charge in [0.05, 0.1) is 11.7 Å². The Kier molecular flexibility index (Phi) is 4.04. The van der Waals surface area contributed by atoms with Crippen LogP contribution in [0.3, 0.4) is 0 Å². The lowest BCUT2D eigenvalue weighted by Crippen LogP contribution is -2.37. The molecule has 0 radical (unpaired) electrons. The standard InChI is InChI=1S/C21H22N2O3/c1-4-22-20(24)17-18(15-11-9-13(2)10-12-15)23(26-19(17)21(22)25)16-8-6-5-7-14(16)3/h5-12,17-19H,4H2,1-3H3. The molecule has 2 saturated heterocycles. The van der Waals surface area contributed by atoms with Gasteiger partial charge in [-0.25, -0.2) is 5.06 Å². The van der Waals surface area contributed by atoms with Gasteiger partial charge in [-0.2, -0.15) is 0 Å². The molecule has 0 saturated carbocycles. The Labute approximate surface area is 153 Å². The van der Waals surface area contributed by atoms with Crippen LogP contribution in [0.5, 0.6) is 0 Å². The number of imide groups is 1. The Morgan fingerprint density at radius 3 is 2.31 bits per heavy atom. The number of amides is 2. The molecule has 5 heteroatoms. The summed E-state index contributed by atoms with van der Waals surface area (Å²) in [7, 11) is 0. The van der Waals surface area contributed by atoms with Crippen molar-refractivity contribution in [3.8, 4) is 0 Å². The number of hydroxylamine groups is 1. The molecule has 3 atom stereocenters. The predicted octanol–water partition coefficient (Wildman–Crippen LogP) is 3.17. The molecule has 0 N–H and O–H groups in total. The van der Waals surface area contributed by atoms with Crippen molar-refractivity contribution in [2.45, 2.75) is 32.9 Å². The number of aryl methyl sites for hydroxylation is 2. The summed E-state index contributed by atoms with van der Waals surface area (Å²) in [5, 5.41) is 1.76. The molecule has 3 unspecified atom stereocenters. The number of benzene rings is 2. The summed E-state index contributed by atoms with van der Waals surface area (Å²) in [6, 6.07) is 15.6. The first kappa shape index (κ1) is 16.8. The van der Waals surface area contributed by atoms with Crippen LogP contribution >= 0.6 is 0 Å². The molecular formula is C21H22N2O3. The van der Waals surface area contributed by atoms with E-state index in [1.807, 2.05) is 69.3 Å². The number of hydrogen-bond donors (Lipinski definition) is 0. The normalized spacial score (nSPS) is 25.1. The van der Waals surface area contributed by atoms with E-state index in [4.69, 9.17) is 4.84 Å². The third-order valence-electron chi connectivity index (χ3n) is 5.29. The minimum atomic E-state index is -0.756. The highest BCUT2D eigenvalue weighted by Gasteiger charge is 2.59. The zero-order valence-corrected chi connectivity index (χ0v) is 15.2. The second kappa shape index (κ2) is 6.25. The number of carbonyl (C=O) groups excluding carboxylic acids is 2. The first-order valence-electron chi connectivity index (χ1n) is 8.96. The number of likely N-dealkylation sites (N-methyl/N-ethyl adjacent to an activating group) is 1. The van der Waals surface area contributed by atoms with E-state index in [1.54, 1.807) is 5.06 Å². The minimum Gasteiger partial charge on any atom is -0.280 e. The van der Waals surface area contributed by atoms with Gasteiger partial charge in [-0.05, 0) is 38.0 Å². The van der Waals surface area contributed by atoms with E-state index in [2.05, 4.69) is 0 Å². The molecular weight excluding hydrogens is 328 g/mol. The van der Waals surface area contributed by atoms with Crippen LogP contribution in [0, 0.1) is 19.8 Å². The summed E-state index contributed by atoms with van der Waals surface area (Å²) < 4.78 is 0. The van der Waals surface area contributed by atoms with Gasteiger partial charge in [0.2, 0.25) is 5.91 Å². The molecule has 2 heterocycles. The number of rotatable bonds is 3. The Balaban J connectivity index is 1.83. The molecule has 2 fully saturated rings. The van der Waals surface area contributed by atoms with Crippen molar-refractivity contribution >= 4 is 17.5 Å². The zero-order chi connectivity index (χ0) is 18.4. The van der Waals surface area contributed by atoms with E-state index in [0.717, 1.165) is 22.4 Å². The molecule has 0 aromatic heterocycles. The summed E-state index contributed by atoms with van der Waals surface area (Å²) in [5.74, 6) is -0.912. The minimum absolute atomic E-state index is 0.149. The Hall–Kier alpha value is -2.66. The molecule has 0 bridgehead atoms. The Morgan fingerprint density at radius 2 is 1.65 bits per heavy atom. The van der Waals surface area contributed by atoms with Gasteiger partial charge in [0.15, 0.2) is 6.10 Å². The fourth-order valence-corrected chi connectivity index (χ4v) is 3.91. The maximum Gasteiger partial charge on any atom is 0.261 e. The van der Waals surface area contributed by atoms with Crippen molar-refractivity contribution in [3.63, 3.8) is 0 Å². The quantitative estimate of drug-likeness (QED) is 0.798. The van der Waals surface area contributed by atoms with E-state index >= 15 is 0 Å². The highest BCUT2D eigenvalue weighted by atomic mass is 16.7. The zero-order valence-electron chi connectivity index (χ0n) is 15.2. The highest BCUT2D eigenvalue weighted by molar-refractivity contribution is 6.07. The molecule has 0 spiro atoms. The van der Waals surface area contributed by atoms with Gasteiger partial charge in [0.1, 0.15) is 5.92 Å². The van der Waals surface area contributed by atoms with Gasteiger partial charge >= 0.3 is 0 Å². The van der Waals surface area contributed by atoms with Crippen molar-refractivity contribution in [3.05, 3.63) is 65.2 Å². The van der Waals surface area contributed by atoms with Gasteiger partial charge in [-0.15, -0.1) is 0 Å². The molecule has 26 heavy (non-hydrogen) atoms. The van der Waals surface area contributed by atoms with Crippen molar-refractivity contribution in [2.75, 3.05) is 11.6 Å². The van der Waals surface area contributed by atoms with Crippen LogP contribution in [0.1, 0.15) is 29.7 Å². The number of carbonyl (C=O) groups is 2. The molecule has 5 nitrogen and oxygen atoms in total. The topological polar surface area (TPSA) is 49.9 Å². The summed E-state index contributed by atoms with van der Waals surface area (Å²) >= 11 is 0. The molecule has 134 valence electrons. The van der Waals surface area contributed by atoms with Crippen LogP contribution in [-0.4, -0.2) is 29.4 Å². The largest absolute Gasteiger partial charge is 0.280 e. The lowest BCUT2D eigenvalue weighted by molar-refractivity contribution is -0.142. The van der Waals surface area contributed by atoms with Crippen molar-refractivity contribution in [2.24, 2.45) is 5.92 Å². The van der Waals surface area contributed by atoms with Gasteiger partial charge < -0.3 is 0 Å². The van der Waals surface area contributed by atoms with E-state index in [-0.39, 0.29) is 17.9 Å². The number of anilines is 1. The highest BCUT2D eigenvalue weighted by Crippen LogP contribution is 2.47. The fourth-order valence-electron chi connectivity index (χ4n) is 3.91. The molecule has 2 aliphatic rings. The van der Waals surface area contributed by atoms with Crippen LogP contribution < -0.4 is 5.06 Å². The smallest absolute Gasteiger partial charge is 0.261 e. The summed E-state index contributed by atoms with van der Waals surface area (Å²) in [6.45, 7) is 6.22. The number of fused-ring (bicyclic) bond motifs is 1. The van der Waals surface area contributed by atoms with E-state index in [1.165, 1.54) is 4.90 Å². The molecule has 2 aliphatic heterocycles. The molecule has 2 aromatic rings. The van der Waals surface area contributed by atoms with Gasteiger partial charge in [-0.1, -0.05) is 48.0 Å². The number of hydrogen-bond acceptors (Lipinski definition) is 4. The van der Waals surface area contributed by atoms with Crippen LogP contribution in [0.15, 0.2) is 48.5 Å². The average molecular weight is 350 g/mol. The molecule has 4 rings (SSSR count). The second-order valence-electron chi connectivity index (χ2n) is 6.94. The third kappa shape index (κ3) is 2.42. The first-order valence-corrected chi connectivity index (χ1v) is 8.96. The summed E-state index contributed by atoms with van der Waals surface area (Å²) in [5.41, 5.74) is 4.05. The maximum absolute atomic E-state index is 12.9.